The van der Waals surface area contributed by atoms with Gasteiger partial charge in [0, 0.05) is 18.7 Å². The van der Waals surface area contributed by atoms with Gasteiger partial charge in [-0.3, -0.25) is 4.79 Å². The summed E-state index contributed by atoms with van der Waals surface area (Å²) < 4.78 is 12.1. The molecule has 2 aliphatic heterocycles. The first-order valence-corrected chi connectivity index (χ1v) is 8.26. The number of benzene rings is 1. The fourth-order valence-corrected chi connectivity index (χ4v) is 3.08. The molecule has 0 radical (unpaired) electrons. The van der Waals surface area contributed by atoms with Crippen LogP contribution in [0.3, 0.4) is 0 Å². The molecule has 0 saturated carbocycles. The highest BCUT2D eigenvalue weighted by molar-refractivity contribution is 6.62. The molecule has 0 N–H and O–H groups in total. The van der Waals surface area contributed by atoms with Crippen LogP contribution in [0.4, 0.5) is 0 Å². The van der Waals surface area contributed by atoms with Crippen LogP contribution in [0.15, 0.2) is 24.3 Å². The fourth-order valence-electron chi connectivity index (χ4n) is 3.08. The molecule has 0 aromatic heterocycles. The first-order chi connectivity index (χ1) is 10.5. The van der Waals surface area contributed by atoms with Crippen LogP contribution in [0.5, 0.6) is 0 Å². The number of likely N-dealkylation sites (tertiary alicyclic amines) is 1. The second-order valence-corrected chi connectivity index (χ2v) is 8.54. The molecule has 0 aliphatic carbocycles. The summed E-state index contributed by atoms with van der Waals surface area (Å²) in [4.78, 5) is 14.3. The van der Waals surface area contributed by atoms with E-state index in [9.17, 15) is 4.79 Å². The molecule has 0 spiro atoms. The van der Waals surface area contributed by atoms with Crippen molar-refractivity contribution in [2.24, 2.45) is 5.41 Å². The summed E-state index contributed by atoms with van der Waals surface area (Å²) in [6, 6.07) is 7.60. The zero-order valence-electron chi connectivity index (χ0n) is 15.0. The van der Waals surface area contributed by atoms with Crippen molar-refractivity contribution < 1.29 is 14.1 Å². The van der Waals surface area contributed by atoms with E-state index in [1.165, 1.54) is 0 Å². The average Bonchev–Trinajstić information content (AvgIpc) is 2.64. The van der Waals surface area contributed by atoms with Gasteiger partial charge in [-0.2, -0.15) is 0 Å². The van der Waals surface area contributed by atoms with Gasteiger partial charge in [0.25, 0.3) is 5.91 Å². The summed E-state index contributed by atoms with van der Waals surface area (Å²) in [5, 5.41) is 0. The van der Waals surface area contributed by atoms with Crippen molar-refractivity contribution in [1.29, 1.82) is 0 Å². The van der Waals surface area contributed by atoms with Crippen LogP contribution in [0.1, 0.15) is 51.9 Å². The van der Waals surface area contributed by atoms with Gasteiger partial charge in [0.2, 0.25) is 0 Å². The van der Waals surface area contributed by atoms with Gasteiger partial charge in [-0.05, 0) is 50.7 Å². The molecule has 0 bridgehead atoms. The Morgan fingerprint density at radius 2 is 1.43 bits per heavy atom. The fraction of sp³-hybridized carbons (Fsp3) is 0.611. The van der Waals surface area contributed by atoms with E-state index in [1.807, 2.05) is 56.9 Å². The van der Waals surface area contributed by atoms with Crippen LogP contribution in [-0.4, -0.2) is 42.2 Å². The molecule has 124 valence electrons. The Morgan fingerprint density at radius 3 is 1.87 bits per heavy atom. The summed E-state index contributed by atoms with van der Waals surface area (Å²) in [5.41, 5.74) is 1.22. The van der Waals surface area contributed by atoms with E-state index in [0.29, 0.717) is 0 Å². The third-order valence-corrected chi connectivity index (χ3v) is 5.21. The van der Waals surface area contributed by atoms with Crippen molar-refractivity contribution in [2.45, 2.75) is 52.7 Å². The zero-order valence-corrected chi connectivity index (χ0v) is 15.0. The van der Waals surface area contributed by atoms with Gasteiger partial charge >= 0.3 is 7.12 Å². The minimum atomic E-state index is -0.382. The zero-order chi connectivity index (χ0) is 17.0. The van der Waals surface area contributed by atoms with Crippen molar-refractivity contribution in [1.82, 2.24) is 4.90 Å². The van der Waals surface area contributed by atoms with Gasteiger partial charge in [-0.25, -0.2) is 0 Å². The Balaban J connectivity index is 1.70. The topological polar surface area (TPSA) is 38.8 Å². The molecule has 2 saturated heterocycles. The number of carbonyl (C=O) groups is 1. The highest BCUT2D eigenvalue weighted by atomic mass is 16.7. The molecule has 0 atom stereocenters. The van der Waals surface area contributed by atoms with Crippen molar-refractivity contribution >= 4 is 18.5 Å². The minimum Gasteiger partial charge on any atom is -0.399 e. The molecule has 1 aromatic rings. The maximum atomic E-state index is 12.4. The molecule has 0 unspecified atom stereocenters. The third-order valence-electron chi connectivity index (χ3n) is 5.21. The molecule has 3 rings (SSSR count). The Labute approximate surface area is 139 Å². The quantitative estimate of drug-likeness (QED) is 0.787. The molecule has 23 heavy (non-hydrogen) atoms. The molecule has 4 nitrogen and oxygen atoms in total. The molecule has 2 heterocycles. The summed E-state index contributed by atoms with van der Waals surface area (Å²) in [5.74, 6) is 0.102. The van der Waals surface area contributed by atoms with E-state index in [1.54, 1.807) is 0 Å². The monoisotopic (exact) mass is 315 g/mol. The highest BCUT2D eigenvalue weighted by Crippen LogP contribution is 2.36. The van der Waals surface area contributed by atoms with Crippen LogP contribution < -0.4 is 5.46 Å². The Kier molecular flexibility index (Phi) is 3.65. The number of nitrogens with zero attached hydrogens (tertiary/aromatic N) is 1. The van der Waals surface area contributed by atoms with Gasteiger partial charge in [0.1, 0.15) is 0 Å². The predicted octanol–water partition coefficient (Wildman–Crippen LogP) is 2.47. The van der Waals surface area contributed by atoms with E-state index in [4.69, 9.17) is 9.31 Å². The Bertz CT molecular complexity index is 598. The summed E-state index contributed by atoms with van der Waals surface area (Å²) in [6.45, 7) is 14.2. The molecule has 1 amide bonds. The van der Waals surface area contributed by atoms with Gasteiger partial charge < -0.3 is 14.2 Å². The number of hydrogen-bond acceptors (Lipinski definition) is 3. The maximum Gasteiger partial charge on any atom is 0.494 e. The smallest absolute Gasteiger partial charge is 0.399 e. The predicted molar refractivity (Wildman–Crippen MR) is 91.8 cm³/mol. The van der Waals surface area contributed by atoms with Gasteiger partial charge in [-0.1, -0.05) is 26.0 Å². The van der Waals surface area contributed by atoms with Crippen LogP contribution in [0, 0.1) is 5.41 Å². The van der Waals surface area contributed by atoms with Crippen molar-refractivity contribution in [3.8, 4) is 0 Å². The van der Waals surface area contributed by atoms with Gasteiger partial charge in [-0.15, -0.1) is 0 Å². The van der Waals surface area contributed by atoms with Crippen LogP contribution in [0.2, 0.25) is 0 Å². The largest absolute Gasteiger partial charge is 0.494 e. The van der Waals surface area contributed by atoms with Gasteiger partial charge in [0.15, 0.2) is 0 Å². The molecular weight excluding hydrogens is 289 g/mol. The number of hydrogen-bond donors (Lipinski definition) is 0. The highest BCUT2D eigenvalue weighted by Gasteiger charge is 2.51. The van der Waals surface area contributed by atoms with Crippen molar-refractivity contribution in [3.63, 3.8) is 0 Å². The lowest BCUT2D eigenvalue weighted by atomic mass is 9.78. The molecule has 1 aromatic carbocycles. The van der Waals surface area contributed by atoms with E-state index in [0.717, 1.165) is 24.1 Å². The summed E-state index contributed by atoms with van der Waals surface area (Å²) in [7, 11) is -0.382. The first kappa shape index (κ1) is 16.5. The molecule has 2 fully saturated rings. The Morgan fingerprint density at radius 1 is 0.957 bits per heavy atom. The average molecular weight is 315 g/mol. The lowest BCUT2D eigenvalue weighted by Gasteiger charge is -2.45. The van der Waals surface area contributed by atoms with E-state index >= 15 is 0 Å². The molecule has 2 aliphatic rings. The van der Waals surface area contributed by atoms with Gasteiger partial charge in [0.05, 0.1) is 11.2 Å². The van der Waals surface area contributed by atoms with Crippen LogP contribution in [-0.2, 0) is 9.31 Å². The number of carbonyl (C=O) groups excluding carboxylic acids is 1. The number of amides is 1. The Hall–Kier alpha value is -1.33. The standard InChI is InChI=1S/C18H26BNO3/c1-16(2)11-20(12-16)15(21)13-7-9-14(10-8-13)19-22-17(3,4)18(5,6)23-19/h7-10H,11-12H2,1-6H3. The van der Waals surface area contributed by atoms with E-state index < -0.39 is 0 Å². The minimum absolute atomic E-state index is 0.102. The lowest BCUT2D eigenvalue weighted by molar-refractivity contribution is 0.00578. The molecular formula is C18H26BNO3. The van der Waals surface area contributed by atoms with Crippen molar-refractivity contribution in [3.05, 3.63) is 29.8 Å². The second kappa shape index (κ2) is 5.08. The van der Waals surface area contributed by atoms with Crippen LogP contribution in [0.25, 0.3) is 0 Å². The first-order valence-electron chi connectivity index (χ1n) is 8.26. The SMILES string of the molecule is CC1(C)CN(C(=O)c2ccc(B3OC(C)(C)C(C)(C)O3)cc2)C1. The van der Waals surface area contributed by atoms with Crippen molar-refractivity contribution in [2.75, 3.05) is 13.1 Å². The third kappa shape index (κ3) is 2.92. The second-order valence-electron chi connectivity index (χ2n) is 8.54. The number of rotatable bonds is 2. The van der Waals surface area contributed by atoms with Crippen LogP contribution >= 0.6 is 0 Å². The maximum absolute atomic E-state index is 12.4. The normalized spacial score (nSPS) is 24.4. The lowest BCUT2D eigenvalue weighted by Crippen LogP contribution is -2.55. The van der Waals surface area contributed by atoms with E-state index in [-0.39, 0.29) is 29.6 Å². The summed E-state index contributed by atoms with van der Waals surface area (Å²) in [6.07, 6.45) is 0. The summed E-state index contributed by atoms with van der Waals surface area (Å²) >= 11 is 0. The molecule has 5 heteroatoms. The van der Waals surface area contributed by atoms with E-state index in [2.05, 4.69) is 13.8 Å².